The summed E-state index contributed by atoms with van der Waals surface area (Å²) in [7, 11) is 1.50. The first-order chi connectivity index (χ1) is 19.7. The van der Waals surface area contributed by atoms with Crippen LogP contribution >= 0.6 is 0 Å². The summed E-state index contributed by atoms with van der Waals surface area (Å²) in [4.78, 5) is 26.4. The van der Waals surface area contributed by atoms with E-state index in [0.29, 0.717) is 16.9 Å². The molecule has 5 N–H and O–H groups in total. The number of ether oxygens (including phenoxy) is 1. The lowest BCUT2D eigenvalue weighted by Crippen LogP contribution is -2.04. The maximum absolute atomic E-state index is 13.2. The molecule has 0 bridgehead atoms. The molecule has 2 aromatic heterocycles. The average molecular weight is 552 g/mol. The van der Waals surface area contributed by atoms with Crippen LogP contribution in [-0.4, -0.2) is 32.6 Å². The van der Waals surface area contributed by atoms with E-state index in [-0.39, 0.29) is 50.3 Å². The molecule has 0 atom stereocenters. The zero-order chi connectivity index (χ0) is 29.0. The lowest BCUT2D eigenvalue weighted by atomic mass is 9.96. The molecule has 10 heteroatoms. The van der Waals surface area contributed by atoms with E-state index in [2.05, 4.69) is 0 Å². The van der Waals surface area contributed by atoms with Crippen molar-refractivity contribution in [3.05, 3.63) is 93.2 Å². The Hall–Kier alpha value is -5.90. The van der Waals surface area contributed by atoms with Crippen molar-refractivity contribution in [3.63, 3.8) is 0 Å². The number of hydrogen-bond acceptors (Lipinski definition) is 10. The van der Waals surface area contributed by atoms with Crippen LogP contribution < -0.4 is 15.6 Å². The van der Waals surface area contributed by atoms with Crippen LogP contribution in [0.3, 0.4) is 0 Å². The van der Waals surface area contributed by atoms with Crippen LogP contribution in [0.15, 0.2) is 91.2 Å². The summed E-state index contributed by atoms with van der Waals surface area (Å²) >= 11 is 0. The molecule has 4 aromatic carbocycles. The van der Waals surface area contributed by atoms with Gasteiger partial charge < -0.3 is 39.1 Å². The second-order valence-corrected chi connectivity index (χ2v) is 9.21. The molecule has 10 nitrogen and oxygen atoms in total. The van der Waals surface area contributed by atoms with Crippen LogP contribution in [0.25, 0.3) is 55.7 Å². The Morgan fingerprint density at radius 1 is 0.561 bits per heavy atom. The Kier molecular flexibility index (Phi) is 5.81. The van der Waals surface area contributed by atoms with E-state index in [1.165, 1.54) is 37.4 Å². The molecule has 0 fully saturated rings. The summed E-state index contributed by atoms with van der Waals surface area (Å²) in [6.07, 6.45) is 0. The molecule has 6 rings (SSSR count). The van der Waals surface area contributed by atoms with Crippen molar-refractivity contribution in [3.8, 4) is 68.3 Å². The van der Waals surface area contributed by atoms with Crippen molar-refractivity contribution in [1.82, 2.24) is 0 Å². The lowest BCUT2D eigenvalue weighted by Gasteiger charge is -2.15. The number of benzene rings is 4. The lowest BCUT2D eigenvalue weighted by molar-refractivity contribution is 0.415. The zero-order valence-corrected chi connectivity index (χ0v) is 21.2. The summed E-state index contributed by atoms with van der Waals surface area (Å²) in [5.74, 6) is -1.74. The predicted octanol–water partition coefficient (Wildman–Crippen LogP) is 5.44. The first kappa shape index (κ1) is 25.4. The van der Waals surface area contributed by atoms with Gasteiger partial charge in [-0.1, -0.05) is 0 Å². The molecule has 6 aromatic rings. The maximum Gasteiger partial charge on any atom is 0.197 e. The van der Waals surface area contributed by atoms with Gasteiger partial charge in [-0.15, -0.1) is 0 Å². The molecule has 0 aliphatic carbocycles. The fraction of sp³-hybridized carbons (Fsp3) is 0.0323. The van der Waals surface area contributed by atoms with E-state index in [4.69, 9.17) is 13.6 Å². The van der Waals surface area contributed by atoms with Crippen molar-refractivity contribution >= 4 is 21.9 Å². The van der Waals surface area contributed by atoms with Gasteiger partial charge in [0.25, 0.3) is 0 Å². The van der Waals surface area contributed by atoms with Gasteiger partial charge in [-0.3, -0.25) is 9.59 Å². The molecule has 2 heterocycles. The van der Waals surface area contributed by atoms with Gasteiger partial charge >= 0.3 is 0 Å². The van der Waals surface area contributed by atoms with E-state index in [0.717, 1.165) is 18.2 Å². The van der Waals surface area contributed by atoms with Gasteiger partial charge in [0.05, 0.1) is 18.2 Å². The molecule has 0 spiro atoms. The van der Waals surface area contributed by atoms with E-state index in [1.807, 2.05) is 0 Å². The molecule has 0 aliphatic heterocycles. The molecule has 41 heavy (non-hydrogen) atoms. The van der Waals surface area contributed by atoms with Crippen molar-refractivity contribution in [2.24, 2.45) is 0 Å². The van der Waals surface area contributed by atoms with Gasteiger partial charge in [0.15, 0.2) is 22.0 Å². The molecule has 0 saturated heterocycles. The minimum absolute atomic E-state index is 0.0176. The van der Waals surface area contributed by atoms with Crippen LogP contribution in [0.1, 0.15) is 0 Å². The van der Waals surface area contributed by atoms with Gasteiger partial charge in [-0.25, -0.2) is 0 Å². The first-order valence-corrected chi connectivity index (χ1v) is 12.2. The number of phenols is 5. The minimum atomic E-state index is -0.670. The Labute approximate surface area is 229 Å². The third-order valence-corrected chi connectivity index (χ3v) is 6.70. The van der Waals surface area contributed by atoms with Crippen molar-refractivity contribution < 1.29 is 39.1 Å². The standard InChI is InChI=1S/C31H20O10/c1-39-17-8-4-15(5-9-17)25-13-23(38)27-19(34)11-21(36)29(31(27)41-25)28-20(35)10-18(33)26-22(37)12-24(40-30(26)28)14-2-6-16(32)7-3-14/h2-13,32-36H,1H3. The zero-order valence-electron chi connectivity index (χ0n) is 21.2. The highest BCUT2D eigenvalue weighted by atomic mass is 16.5. The van der Waals surface area contributed by atoms with E-state index < -0.39 is 33.9 Å². The summed E-state index contributed by atoms with van der Waals surface area (Å²) in [5, 5.41) is 52.3. The minimum Gasteiger partial charge on any atom is -0.508 e. The van der Waals surface area contributed by atoms with Crippen molar-refractivity contribution in [2.75, 3.05) is 7.11 Å². The van der Waals surface area contributed by atoms with E-state index in [1.54, 1.807) is 24.3 Å². The highest BCUT2D eigenvalue weighted by Crippen LogP contribution is 2.49. The Morgan fingerprint density at radius 2 is 0.976 bits per heavy atom. The average Bonchev–Trinajstić information content (AvgIpc) is 2.94. The molecular weight excluding hydrogens is 532 g/mol. The van der Waals surface area contributed by atoms with Crippen molar-refractivity contribution in [1.29, 1.82) is 0 Å². The van der Waals surface area contributed by atoms with Crippen LogP contribution in [0.5, 0.6) is 34.5 Å². The smallest absolute Gasteiger partial charge is 0.197 e. The monoisotopic (exact) mass is 552 g/mol. The van der Waals surface area contributed by atoms with Gasteiger partial charge in [-0.05, 0) is 48.5 Å². The fourth-order valence-corrected chi connectivity index (χ4v) is 4.75. The van der Waals surface area contributed by atoms with Gasteiger partial charge in [-0.2, -0.15) is 0 Å². The number of methoxy groups -OCH3 is 1. The summed E-state index contributed by atoms with van der Waals surface area (Å²) < 4.78 is 17.2. The largest absolute Gasteiger partial charge is 0.508 e. The summed E-state index contributed by atoms with van der Waals surface area (Å²) in [5.41, 5.74) is -1.62. The number of rotatable bonds is 4. The van der Waals surface area contributed by atoms with Crippen LogP contribution in [-0.2, 0) is 0 Å². The van der Waals surface area contributed by atoms with Gasteiger partial charge in [0, 0.05) is 35.4 Å². The number of fused-ring (bicyclic) bond motifs is 2. The molecule has 0 radical (unpaired) electrons. The molecule has 0 unspecified atom stereocenters. The van der Waals surface area contributed by atoms with Crippen LogP contribution in [0, 0.1) is 0 Å². The summed E-state index contributed by atoms with van der Waals surface area (Å²) in [6.45, 7) is 0. The number of aromatic hydroxyl groups is 5. The second-order valence-electron chi connectivity index (χ2n) is 9.21. The topological polar surface area (TPSA) is 171 Å². The molecule has 0 amide bonds. The van der Waals surface area contributed by atoms with Gasteiger partial charge in [0.1, 0.15) is 56.8 Å². The van der Waals surface area contributed by atoms with Crippen LogP contribution in [0.2, 0.25) is 0 Å². The number of hydrogen-bond donors (Lipinski definition) is 5. The van der Waals surface area contributed by atoms with E-state index >= 15 is 0 Å². The SMILES string of the molecule is COc1ccc(-c2cc(=O)c3c(O)cc(O)c(-c4c(O)cc(O)c5c(=O)cc(-c6ccc(O)cc6)oc45)c3o2)cc1. The van der Waals surface area contributed by atoms with Crippen molar-refractivity contribution in [2.45, 2.75) is 0 Å². The number of phenolic OH excluding ortho intramolecular Hbond substituents is 5. The normalized spacial score (nSPS) is 11.2. The molecule has 0 saturated carbocycles. The second kappa shape index (κ2) is 9.38. The van der Waals surface area contributed by atoms with E-state index in [9.17, 15) is 35.1 Å². The molecular formula is C31H20O10. The molecule has 0 aliphatic rings. The van der Waals surface area contributed by atoms with Crippen LogP contribution in [0.4, 0.5) is 0 Å². The quantitative estimate of drug-likeness (QED) is 0.190. The third kappa shape index (κ3) is 4.14. The third-order valence-electron chi connectivity index (χ3n) is 6.70. The first-order valence-electron chi connectivity index (χ1n) is 12.2. The maximum atomic E-state index is 13.2. The predicted molar refractivity (Wildman–Crippen MR) is 150 cm³/mol. The highest BCUT2D eigenvalue weighted by molar-refractivity contribution is 6.08. The highest BCUT2D eigenvalue weighted by Gasteiger charge is 2.27. The Morgan fingerprint density at radius 3 is 1.39 bits per heavy atom. The Bertz CT molecular complexity index is 2100. The summed E-state index contributed by atoms with van der Waals surface area (Å²) in [6, 6.07) is 16.4. The Balaban J connectivity index is 1.72. The fourth-order valence-electron chi connectivity index (χ4n) is 4.75. The molecule has 204 valence electrons. The van der Waals surface area contributed by atoms with Gasteiger partial charge in [0.2, 0.25) is 0 Å².